The van der Waals surface area contributed by atoms with Crippen molar-refractivity contribution in [3.8, 4) is 0 Å². The van der Waals surface area contributed by atoms with Crippen LogP contribution >= 0.6 is 12.4 Å². The molecule has 1 saturated heterocycles. The Morgan fingerprint density at radius 2 is 1.82 bits per heavy atom. The van der Waals surface area contributed by atoms with Crippen LogP contribution in [0.15, 0.2) is 54.6 Å². The van der Waals surface area contributed by atoms with Crippen molar-refractivity contribution in [2.75, 3.05) is 19.6 Å². The summed E-state index contributed by atoms with van der Waals surface area (Å²) in [5, 5.41) is 2.96. The van der Waals surface area contributed by atoms with Gasteiger partial charge in [-0.3, -0.25) is 9.59 Å². The van der Waals surface area contributed by atoms with Crippen LogP contribution in [0.1, 0.15) is 40.4 Å². The summed E-state index contributed by atoms with van der Waals surface area (Å²) in [5.41, 5.74) is 8.95. The third-order valence-electron chi connectivity index (χ3n) is 5.10. The van der Waals surface area contributed by atoms with Crippen molar-refractivity contribution in [2.45, 2.75) is 25.8 Å². The molecule has 0 bridgehead atoms. The number of likely N-dealkylation sites (tertiary alicyclic amines) is 1. The van der Waals surface area contributed by atoms with E-state index in [-0.39, 0.29) is 36.2 Å². The summed E-state index contributed by atoms with van der Waals surface area (Å²) in [4.78, 5) is 27.1. The summed E-state index contributed by atoms with van der Waals surface area (Å²) in [6, 6.07) is 17.1. The lowest BCUT2D eigenvalue weighted by molar-refractivity contribution is -0.126. The van der Waals surface area contributed by atoms with E-state index in [4.69, 9.17) is 5.73 Å². The van der Waals surface area contributed by atoms with E-state index in [1.165, 1.54) is 0 Å². The molecule has 5 nitrogen and oxygen atoms in total. The molecule has 1 aliphatic heterocycles. The number of amides is 2. The van der Waals surface area contributed by atoms with Crippen LogP contribution in [0.4, 0.5) is 0 Å². The van der Waals surface area contributed by atoms with Crippen molar-refractivity contribution in [2.24, 2.45) is 11.7 Å². The minimum absolute atomic E-state index is 0. The number of carbonyl (C=O) groups is 2. The molecule has 3 N–H and O–H groups in total. The molecule has 0 aromatic heterocycles. The summed E-state index contributed by atoms with van der Waals surface area (Å²) >= 11 is 0. The molecule has 0 saturated carbocycles. The minimum atomic E-state index is -0.232. The van der Waals surface area contributed by atoms with E-state index >= 15 is 0 Å². The van der Waals surface area contributed by atoms with E-state index in [1.807, 2.05) is 61.5 Å². The van der Waals surface area contributed by atoms with Crippen LogP contribution in [0.5, 0.6) is 0 Å². The number of hydrogen-bond donors (Lipinski definition) is 2. The lowest BCUT2D eigenvalue weighted by Crippen LogP contribution is -2.46. The zero-order valence-corrected chi connectivity index (χ0v) is 17.0. The highest BCUT2D eigenvalue weighted by Gasteiger charge is 2.29. The van der Waals surface area contributed by atoms with Gasteiger partial charge in [0.1, 0.15) is 0 Å². The van der Waals surface area contributed by atoms with Gasteiger partial charge in [0.05, 0.1) is 5.92 Å². The van der Waals surface area contributed by atoms with E-state index in [2.05, 4.69) is 5.32 Å². The van der Waals surface area contributed by atoms with Crippen molar-refractivity contribution in [1.29, 1.82) is 0 Å². The van der Waals surface area contributed by atoms with Gasteiger partial charge in [-0.2, -0.15) is 0 Å². The fourth-order valence-corrected chi connectivity index (χ4v) is 3.43. The number of nitrogens with one attached hydrogen (secondary N) is 1. The Hall–Kier alpha value is -2.37. The molecule has 150 valence electrons. The largest absolute Gasteiger partial charge is 0.354 e. The fourth-order valence-electron chi connectivity index (χ4n) is 3.43. The molecule has 28 heavy (non-hydrogen) atoms. The molecule has 1 heterocycles. The zero-order valence-electron chi connectivity index (χ0n) is 16.1. The third-order valence-corrected chi connectivity index (χ3v) is 5.10. The number of halogens is 1. The van der Waals surface area contributed by atoms with Gasteiger partial charge in [-0.25, -0.2) is 0 Å². The first-order chi connectivity index (χ1) is 13.0. The minimum Gasteiger partial charge on any atom is -0.354 e. The topological polar surface area (TPSA) is 75.4 Å². The first-order valence-electron chi connectivity index (χ1n) is 9.49. The summed E-state index contributed by atoms with van der Waals surface area (Å²) in [5.74, 6) is -0.215. The van der Waals surface area contributed by atoms with Crippen molar-refractivity contribution in [3.05, 3.63) is 71.3 Å². The highest BCUT2D eigenvalue weighted by molar-refractivity contribution is 5.94. The fraction of sp³-hybridized carbons (Fsp3) is 0.364. The van der Waals surface area contributed by atoms with Gasteiger partial charge in [0.25, 0.3) is 5.91 Å². The lowest BCUT2D eigenvalue weighted by Gasteiger charge is -2.32. The maximum absolute atomic E-state index is 12.7. The Morgan fingerprint density at radius 1 is 1.14 bits per heavy atom. The average molecular weight is 402 g/mol. The van der Waals surface area contributed by atoms with E-state index in [9.17, 15) is 9.59 Å². The second kappa shape index (κ2) is 10.2. The van der Waals surface area contributed by atoms with Crippen molar-refractivity contribution in [3.63, 3.8) is 0 Å². The molecule has 2 aromatic rings. The Balaban J connectivity index is 0.00000280. The molecule has 0 spiro atoms. The van der Waals surface area contributed by atoms with E-state index in [0.29, 0.717) is 25.2 Å². The highest BCUT2D eigenvalue weighted by atomic mass is 35.5. The summed E-state index contributed by atoms with van der Waals surface area (Å²) in [6.07, 6.45) is 1.63. The first-order valence-corrected chi connectivity index (χ1v) is 9.49. The van der Waals surface area contributed by atoms with Crippen LogP contribution in [-0.4, -0.2) is 36.3 Å². The van der Waals surface area contributed by atoms with Gasteiger partial charge in [0.2, 0.25) is 5.91 Å². The summed E-state index contributed by atoms with van der Waals surface area (Å²) < 4.78 is 0. The van der Waals surface area contributed by atoms with Gasteiger partial charge in [-0.15, -0.1) is 12.4 Å². The predicted molar refractivity (Wildman–Crippen MR) is 113 cm³/mol. The van der Waals surface area contributed by atoms with Crippen LogP contribution in [0.3, 0.4) is 0 Å². The lowest BCUT2D eigenvalue weighted by atomic mass is 9.96. The van der Waals surface area contributed by atoms with Crippen molar-refractivity contribution in [1.82, 2.24) is 10.2 Å². The number of hydrogen-bond acceptors (Lipinski definition) is 3. The van der Waals surface area contributed by atoms with E-state index in [0.717, 1.165) is 24.0 Å². The molecular weight excluding hydrogens is 374 g/mol. The summed E-state index contributed by atoms with van der Waals surface area (Å²) in [7, 11) is 0. The highest BCUT2D eigenvalue weighted by Crippen LogP contribution is 2.19. The summed E-state index contributed by atoms with van der Waals surface area (Å²) in [6.45, 7) is 3.54. The number of nitrogens with zero attached hydrogens (tertiary/aromatic N) is 1. The van der Waals surface area contributed by atoms with Gasteiger partial charge in [-0.05, 0) is 37.5 Å². The molecule has 1 fully saturated rings. The van der Waals surface area contributed by atoms with Crippen LogP contribution in [0.2, 0.25) is 0 Å². The SMILES string of the molecule is Cc1ccc(C(=O)N2CCCC(C(=O)NCC(N)c3ccccc3)C2)cc1.Cl. The number of carbonyl (C=O) groups excluding carboxylic acids is 2. The van der Waals surface area contributed by atoms with Crippen LogP contribution in [0.25, 0.3) is 0 Å². The molecule has 2 atom stereocenters. The monoisotopic (exact) mass is 401 g/mol. The number of nitrogens with two attached hydrogens (primary N) is 1. The van der Waals surface area contributed by atoms with Gasteiger partial charge in [0.15, 0.2) is 0 Å². The third kappa shape index (κ3) is 5.57. The maximum atomic E-state index is 12.7. The number of rotatable bonds is 5. The first kappa shape index (κ1) is 21.9. The molecular formula is C22H28ClN3O2. The van der Waals surface area contributed by atoms with Crippen molar-refractivity contribution < 1.29 is 9.59 Å². The quantitative estimate of drug-likeness (QED) is 0.808. The van der Waals surface area contributed by atoms with Gasteiger partial charge < -0.3 is 16.0 Å². The molecule has 0 aliphatic carbocycles. The van der Waals surface area contributed by atoms with Crippen LogP contribution in [-0.2, 0) is 4.79 Å². The molecule has 0 radical (unpaired) electrons. The second-order valence-corrected chi connectivity index (χ2v) is 7.22. The van der Waals surface area contributed by atoms with Crippen LogP contribution < -0.4 is 11.1 Å². The van der Waals surface area contributed by atoms with Crippen molar-refractivity contribution >= 4 is 24.2 Å². The van der Waals surface area contributed by atoms with E-state index < -0.39 is 0 Å². The molecule has 6 heteroatoms. The molecule has 2 amide bonds. The van der Waals surface area contributed by atoms with Gasteiger partial charge in [-0.1, -0.05) is 48.0 Å². The molecule has 3 rings (SSSR count). The standard InChI is InChI=1S/C22H27N3O2.ClH/c1-16-9-11-18(12-10-16)22(27)25-13-5-8-19(15-25)21(26)24-14-20(23)17-6-3-2-4-7-17;/h2-4,6-7,9-12,19-20H,5,8,13-15,23H2,1H3,(H,24,26);1H. The zero-order chi connectivity index (χ0) is 19.2. The average Bonchev–Trinajstić information content (AvgIpc) is 2.72. The predicted octanol–water partition coefficient (Wildman–Crippen LogP) is 3.09. The van der Waals surface area contributed by atoms with Gasteiger partial charge >= 0.3 is 0 Å². The number of aryl methyl sites for hydroxylation is 1. The molecule has 2 unspecified atom stereocenters. The Morgan fingerprint density at radius 3 is 2.50 bits per heavy atom. The Kier molecular flexibility index (Phi) is 8.03. The maximum Gasteiger partial charge on any atom is 0.253 e. The number of benzene rings is 2. The number of piperidine rings is 1. The van der Waals surface area contributed by atoms with E-state index in [1.54, 1.807) is 4.90 Å². The Labute approximate surface area is 172 Å². The van der Waals surface area contributed by atoms with Crippen LogP contribution in [0, 0.1) is 12.8 Å². The van der Waals surface area contributed by atoms with Gasteiger partial charge in [0, 0.05) is 31.2 Å². The second-order valence-electron chi connectivity index (χ2n) is 7.22. The molecule has 2 aromatic carbocycles. The Bertz CT molecular complexity index is 780. The smallest absolute Gasteiger partial charge is 0.253 e. The molecule has 1 aliphatic rings. The normalized spacial score (nSPS) is 17.4.